The first kappa shape index (κ1) is 23.3. The van der Waals surface area contributed by atoms with Gasteiger partial charge in [0.2, 0.25) is 5.91 Å². The lowest BCUT2D eigenvalue weighted by molar-refractivity contribution is -0.120. The number of nitrogens with one attached hydrogen (secondary N) is 2. The number of hydrogen-bond acceptors (Lipinski definition) is 4. The first-order valence-electron chi connectivity index (χ1n) is 10.6. The number of aliphatic imine (C=N–C) groups is 1. The molecular weight excluding hydrogens is 416 g/mol. The van der Waals surface area contributed by atoms with E-state index in [0.717, 1.165) is 35.9 Å². The Hall–Kier alpha value is -3.36. The van der Waals surface area contributed by atoms with Crippen LogP contribution in [0.2, 0.25) is 0 Å². The molecular formula is C23H29F2N5O2. The first-order valence-corrected chi connectivity index (χ1v) is 10.6. The zero-order valence-electron chi connectivity index (χ0n) is 18.4. The fourth-order valence-electron chi connectivity index (χ4n) is 3.43. The van der Waals surface area contributed by atoms with Crippen molar-refractivity contribution in [1.29, 1.82) is 0 Å². The van der Waals surface area contributed by atoms with Crippen LogP contribution < -0.4 is 20.3 Å². The Balaban J connectivity index is 1.60. The van der Waals surface area contributed by atoms with E-state index in [0.29, 0.717) is 26.2 Å². The van der Waals surface area contributed by atoms with Crippen molar-refractivity contribution in [2.75, 3.05) is 38.1 Å². The van der Waals surface area contributed by atoms with Crippen LogP contribution in [0, 0.1) is 0 Å². The van der Waals surface area contributed by atoms with Crippen molar-refractivity contribution in [2.45, 2.75) is 26.6 Å². The van der Waals surface area contributed by atoms with E-state index in [1.54, 1.807) is 12.1 Å². The van der Waals surface area contributed by atoms with Crippen LogP contribution in [0.15, 0.2) is 53.5 Å². The van der Waals surface area contributed by atoms with E-state index < -0.39 is 6.61 Å². The molecule has 1 aliphatic rings. The maximum Gasteiger partial charge on any atom is 0.387 e. The van der Waals surface area contributed by atoms with E-state index in [1.165, 1.54) is 12.1 Å². The highest BCUT2D eigenvalue weighted by Crippen LogP contribution is 2.18. The number of ether oxygens (including phenoxy) is 1. The van der Waals surface area contributed by atoms with Crippen molar-refractivity contribution in [2.24, 2.45) is 4.99 Å². The van der Waals surface area contributed by atoms with E-state index in [-0.39, 0.29) is 11.7 Å². The van der Waals surface area contributed by atoms with Gasteiger partial charge in [0.25, 0.3) is 0 Å². The van der Waals surface area contributed by atoms with Gasteiger partial charge in [0, 0.05) is 38.9 Å². The number of nitrogens with zero attached hydrogens (tertiary/aromatic N) is 3. The summed E-state index contributed by atoms with van der Waals surface area (Å²) in [5, 5.41) is 6.11. The molecule has 32 heavy (non-hydrogen) atoms. The van der Waals surface area contributed by atoms with Gasteiger partial charge in [0.05, 0.1) is 13.1 Å². The molecule has 172 valence electrons. The molecule has 7 nitrogen and oxygen atoms in total. The highest BCUT2D eigenvalue weighted by Gasteiger charge is 2.16. The molecule has 0 aromatic heterocycles. The molecule has 1 saturated heterocycles. The largest absolute Gasteiger partial charge is 0.435 e. The number of amides is 1. The van der Waals surface area contributed by atoms with Gasteiger partial charge < -0.3 is 25.2 Å². The molecule has 2 aromatic carbocycles. The molecule has 2 N–H and O–H groups in total. The Morgan fingerprint density at radius 3 is 2.50 bits per heavy atom. The lowest BCUT2D eigenvalue weighted by Gasteiger charge is -2.28. The number of alkyl halides is 2. The molecule has 1 aliphatic heterocycles. The van der Waals surface area contributed by atoms with Crippen LogP contribution in [0.5, 0.6) is 5.75 Å². The predicted molar refractivity (Wildman–Crippen MR) is 121 cm³/mol. The number of benzene rings is 2. The number of rotatable bonds is 8. The van der Waals surface area contributed by atoms with Crippen molar-refractivity contribution in [3.63, 3.8) is 0 Å². The monoisotopic (exact) mass is 445 g/mol. The van der Waals surface area contributed by atoms with Crippen LogP contribution in [0.25, 0.3) is 0 Å². The summed E-state index contributed by atoms with van der Waals surface area (Å²) >= 11 is 0. The van der Waals surface area contributed by atoms with Gasteiger partial charge in [-0.05, 0) is 42.3 Å². The Morgan fingerprint density at radius 2 is 1.88 bits per heavy atom. The second-order valence-corrected chi connectivity index (χ2v) is 7.49. The van der Waals surface area contributed by atoms with E-state index in [1.807, 2.05) is 43.1 Å². The van der Waals surface area contributed by atoms with E-state index in [4.69, 9.17) is 4.99 Å². The average Bonchev–Trinajstić information content (AvgIpc) is 2.78. The first-order chi connectivity index (χ1) is 15.4. The fourth-order valence-corrected chi connectivity index (χ4v) is 3.43. The van der Waals surface area contributed by atoms with E-state index in [9.17, 15) is 13.6 Å². The minimum Gasteiger partial charge on any atom is -0.435 e. The van der Waals surface area contributed by atoms with Gasteiger partial charge in [-0.1, -0.05) is 24.3 Å². The van der Waals surface area contributed by atoms with Gasteiger partial charge in [0.15, 0.2) is 5.96 Å². The minimum absolute atomic E-state index is 0.0411. The molecule has 0 aliphatic carbocycles. The second-order valence-electron chi connectivity index (χ2n) is 7.49. The van der Waals surface area contributed by atoms with Crippen molar-refractivity contribution >= 4 is 17.6 Å². The highest BCUT2D eigenvalue weighted by molar-refractivity contribution is 5.82. The molecule has 0 radical (unpaired) electrons. The van der Waals surface area contributed by atoms with Crippen LogP contribution in [-0.2, 0) is 17.9 Å². The lowest BCUT2D eigenvalue weighted by Crippen LogP contribution is -2.47. The normalized spacial score (nSPS) is 14.3. The van der Waals surface area contributed by atoms with Gasteiger partial charge in [-0.3, -0.25) is 4.79 Å². The topological polar surface area (TPSA) is 69.2 Å². The molecule has 1 amide bonds. The quantitative estimate of drug-likeness (QED) is 0.483. The zero-order chi connectivity index (χ0) is 22.9. The Morgan fingerprint density at radius 1 is 1.19 bits per heavy atom. The molecule has 1 heterocycles. The van der Waals surface area contributed by atoms with Crippen molar-refractivity contribution in [1.82, 2.24) is 15.5 Å². The number of carbonyl (C=O) groups excluding carboxylic acids is 1. The molecule has 0 unspecified atom stereocenters. The molecule has 1 fully saturated rings. The molecule has 9 heteroatoms. The fraction of sp³-hybridized carbons (Fsp3) is 0.391. The van der Waals surface area contributed by atoms with Crippen molar-refractivity contribution < 1.29 is 18.3 Å². The molecule has 0 atom stereocenters. The predicted octanol–water partition coefficient (Wildman–Crippen LogP) is 2.82. The number of guanidine groups is 1. The number of hydrogen-bond donors (Lipinski definition) is 2. The third-order valence-electron chi connectivity index (χ3n) is 5.02. The third kappa shape index (κ3) is 6.83. The van der Waals surface area contributed by atoms with E-state index in [2.05, 4.69) is 20.3 Å². The summed E-state index contributed by atoms with van der Waals surface area (Å²) in [6.45, 7) is 2.81. The summed E-state index contributed by atoms with van der Waals surface area (Å²) in [4.78, 5) is 20.3. The number of halogens is 2. The van der Waals surface area contributed by atoms with Crippen LogP contribution in [0.1, 0.15) is 18.1 Å². The maximum atomic E-state index is 12.3. The van der Waals surface area contributed by atoms with Crippen LogP contribution in [0.3, 0.4) is 0 Å². The summed E-state index contributed by atoms with van der Waals surface area (Å²) in [7, 11) is 1.93. The van der Waals surface area contributed by atoms with Crippen molar-refractivity contribution in [3.8, 4) is 5.75 Å². The van der Waals surface area contributed by atoms with Crippen LogP contribution >= 0.6 is 0 Å². The number of carbonyl (C=O) groups is 1. The molecule has 3 rings (SSSR count). The molecule has 0 saturated carbocycles. The van der Waals surface area contributed by atoms with Crippen LogP contribution in [0.4, 0.5) is 14.5 Å². The number of anilines is 1. The Labute approximate surface area is 187 Å². The molecule has 0 bridgehead atoms. The highest BCUT2D eigenvalue weighted by atomic mass is 19.3. The third-order valence-corrected chi connectivity index (χ3v) is 5.02. The smallest absolute Gasteiger partial charge is 0.387 e. The van der Waals surface area contributed by atoms with Gasteiger partial charge in [-0.25, -0.2) is 4.99 Å². The van der Waals surface area contributed by atoms with Crippen molar-refractivity contribution in [3.05, 3.63) is 59.7 Å². The SMILES string of the molecule is CCNC(=NCc1ccc(N2CCNC(=O)C2)cc1)N(C)Cc1ccc(OC(F)F)cc1. The Bertz CT molecular complexity index is 904. The standard InChI is InChI=1S/C23H29F2N5O2/c1-3-26-23(29(2)15-18-6-10-20(11-7-18)32-22(24)25)28-14-17-4-8-19(9-5-17)30-13-12-27-21(31)16-30/h4-11,22H,3,12-16H2,1-2H3,(H,26,28)(H,27,31). The van der Waals surface area contributed by atoms with Gasteiger partial charge in [-0.2, -0.15) is 8.78 Å². The summed E-state index contributed by atoms with van der Waals surface area (Å²) in [5.74, 6) is 0.928. The summed E-state index contributed by atoms with van der Waals surface area (Å²) in [5.41, 5.74) is 3.04. The minimum atomic E-state index is -2.83. The maximum absolute atomic E-state index is 12.3. The average molecular weight is 446 g/mol. The lowest BCUT2D eigenvalue weighted by atomic mass is 10.2. The van der Waals surface area contributed by atoms with Gasteiger partial charge in [0.1, 0.15) is 5.75 Å². The molecule has 2 aromatic rings. The Kier molecular flexibility index (Phi) is 8.24. The van der Waals surface area contributed by atoms with Gasteiger partial charge >= 0.3 is 6.61 Å². The molecule has 0 spiro atoms. The van der Waals surface area contributed by atoms with Gasteiger partial charge in [-0.15, -0.1) is 0 Å². The summed E-state index contributed by atoms with van der Waals surface area (Å²) in [6.07, 6.45) is 0. The van der Waals surface area contributed by atoms with Crippen LogP contribution in [-0.4, -0.2) is 56.6 Å². The van der Waals surface area contributed by atoms with E-state index >= 15 is 0 Å². The summed E-state index contributed by atoms with van der Waals surface area (Å²) in [6, 6.07) is 14.7. The second kappa shape index (κ2) is 11.3. The summed E-state index contributed by atoms with van der Waals surface area (Å²) < 4.78 is 29.0. The number of piperazine rings is 1. The zero-order valence-corrected chi connectivity index (χ0v) is 18.4.